The predicted molar refractivity (Wildman–Crippen MR) is 76.0 cm³/mol. The lowest BCUT2D eigenvalue weighted by molar-refractivity contribution is -0.0505. The van der Waals surface area contributed by atoms with Crippen LogP contribution < -0.4 is 10.1 Å². The summed E-state index contributed by atoms with van der Waals surface area (Å²) in [5, 5.41) is 12.1. The molecule has 3 nitrogen and oxygen atoms in total. The van der Waals surface area contributed by atoms with Crippen LogP contribution in [0.1, 0.15) is 16.7 Å². The summed E-state index contributed by atoms with van der Waals surface area (Å²) in [7, 11) is 0. The van der Waals surface area contributed by atoms with E-state index in [9.17, 15) is 8.78 Å². The molecule has 2 rings (SSSR count). The molecule has 0 atom stereocenters. The molecule has 0 radical (unpaired) electrons. The van der Waals surface area contributed by atoms with Crippen LogP contribution in [0.2, 0.25) is 0 Å². The molecule has 0 saturated heterocycles. The van der Waals surface area contributed by atoms with Gasteiger partial charge in [-0.2, -0.15) is 8.78 Å². The number of nitrogens with one attached hydrogen (secondary N) is 1. The summed E-state index contributed by atoms with van der Waals surface area (Å²) in [6.07, 6.45) is 0. The average Bonchev–Trinajstić information content (AvgIpc) is 2.49. The van der Waals surface area contributed by atoms with Gasteiger partial charge in [-0.25, -0.2) is 0 Å². The van der Waals surface area contributed by atoms with Gasteiger partial charge in [0, 0.05) is 18.7 Å². The van der Waals surface area contributed by atoms with Crippen molar-refractivity contribution in [2.75, 3.05) is 0 Å². The molecular formula is C16H17F2NO2. The lowest BCUT2D eigenvalue weighted by atomic mass is 10.1. The van der Waals surface area contributed by atoms with Crippen LogP contribution in [0, 0.1) is 0 Å². The topological polar surface area (TPSA) is 41.5 Å². The van der Waals surface area contributed by atoms with Crippen LogP contribution in [-0.4, -0.2) is 11.7 Å². The van der Waals surface area contributed by atoms with Crippen LogP contribution >= 0.6 is 0 Å². The molecule has 2 N–H and O–H groups in total. The number of para-hydroxylation sites is 1. The number of hydrogen-bond acceptors (Lipinski definition) is 3. The van der Waals surface area contributed by atoms with Gasteiger partial charge in [-0.3, -0.25) is 0 Å². The predicted octanol–water partition coefficient (Wildman–Crippen LogP) is 3.07. The SMILES string of the molecule is OCc1ccc(CNCc2ccccc2OC(F)F)cc1. The first-order chi connectivity index (χ1) is 10.2. The van der Waals surface area contributed by atoms with Crippen molar-refractivity contribution >= 4 is 0 Å². The van der Waals surface area contributed by atoms with Gasteiger partial charge in [0.2, 0.25) is 0 Å². The van der Waals surface area contributed by atoms with E-state index in [1.165, 1.54) is 6.07 Å². The normalized spacial score (nSPS) is 10.9. The van der Waals surface area contributed by atoms with Crippen LogP contribution in [0.15, 0.2) is 48.5 Å². The van der Waals surface area contributed by atoms with Crippen molar-refractivity contribution < 1.29 is 18.6 Å². The molecule has 0 aliphatic carbocycles. The van der Waals surface area contributed by atoms with Crippen LogP contribution in [0.4, 0.5) is 8.78 Å². The van der Waals surface area contributed by atoms with E-state index in [-0.39, 0.29) is 12.4 Å². The molecule has 112 valence electrons. The molecule has 2 aromatic rings. The first-order valence-corrected chi connectivity index (χ1v) is 6.61. The van der Waals surface area contributed by atoms with Gasteiger partial charge in [0.05, 0.1) is 6.61 Å². The van der Waals surface area contributed by atoms with Crippen molar-refractivity contribution in [3.63, 3.8) is 0 Å². The minimum atomic E-state index is -2.82. The number of ether oxygens (including phenoxy) is 1. The van der Waals surface area contributed by atoms with E-state index in [2.05, 4.69) is 10.1 Å². The van der Waals surface area contributed by atoms with E-state index in [4.69, 9.17) is 5.11 Å². The summed E-state index contributed by atoms with van der Waals surface area (Å²) in [6, 6.07) is 14.3. The fraction of sp³-hybridized carbons (Fsp3) is 0.250. The minimum absolute atomic E-state index is 0.0199. The van der Waals surface area contributed by atoms with Crippen molar-refractivity contribution in [3.8, 4) is 5.75 Å². The van der Waals surface area contributed by atoms with Crippen LogP contribution in [0.25, 0.3) is 0 Å². The van der Waals surface area contributed by atoms with Crippen LogP contribution in [0.3, 0.4) is 0 Å². The number of halogens is 2. The third-order valence-electron chi connectivity index (χ3n) is 3.04. The fourth-order valence-corrected chi connectivity index (χ4v) is 1.96. The fourth-order valence-electron chi connectivity index (χ4n) is 1.96. The Morgan fingerprint density at radius 3 is 2.29 bits per heavy atom. The molecule has 0 spiro atoms. The number of alkyl halides is 2. The maximum absolute atomic E-state index is 12.3. The Morgan fingerprint density at radius 1 is 0.952 bits per heavy atom. The number of rotatable bonds is 7. The smallest absolute Gasteiger partial charge is 0.387 e. The zero-order valence-corrected chi connectivity index (χ0v) is 11.4. The Bertz CT molecular complexity index is 558. The summed E-state index contributed by atoms with van der Waals surface area (Å²) in [6.45, 7) is -1.76. The molecule has 0 aliphatic rings. The van der Waals surface area contributed by atoms with Gasteiger partial charge < -0.3 is 15.2 Å². The highest BCUT2D eigenvalue weighted by Crippen LogP contribution is 2.20. The zero-order valence-electron chi connectivity index (χ0n) is 11.4. The van der Waals surface area contributed by atoms with Crippen molar-refractivity contribution in [2.45, 2.75) is 26.3 Å². The van der Waals surface area contributed by atoms with Crippen molar-refractivity contribution in [1.82, 2.24) is 5.32 Å². The molecule has 0 heterocycles. The van der Waals surface area contributed by atoms with E-state index >= 15 is 0 Å². The summed E-state index contributed by atoms with van der Waals surface area (Å²) >= 11 is 0. The lowest BCUT2D eigenvalue weighted by Gasteiger charge is -2.11. The number of hydrogen-bond donors (Lipinski definition) is 2. The number of benzene rings is 2. The van der Waals surface area contributed by atoms with Gasteiger partial charge in [0.1, 0.15) is 5.75 Å². The van der Waals surface area contributed by atoms with Gasteiger partial charge >= 0.3 is 6.61 Å². The molecule has 0 bridgehead atoms. The summed E-state index contributed by atoms with van der Waals surface area (Å²) in [5.41, 5.74) is 2.60. The quantitative estimate of drug-likeness (QED) is 0.824. The molecule has 0 aromatic heterocycles. The van der Waals surface area contributed by atoms with Crippen molar-refractivity contribution in [3.05, 3.63) is 65.2 Å². The molecule has 2 aromatic carbocycles. The summed E-state index contributed by atoms with van der Waals surface area (Å²) < 4.78 is 29.1. The standard InChI is InChI=1S/C16H17F2NO2/c17-16(18)21-15-4-2-1-3-14(15)10-19-9-12-5-7-13(11-20)8-6-12/h1-8,16,19-20H,9-11H2. The third kappa shape index (κ3) is 4.81. The molecule has 5 heteroatoms. The summed E-state index contributed by atoms with van der Waals surface area (Å²) in [4.78, 5) is 0. The highest BCUT2D eigenvalue weighted by molar-refractivity contribution is 5.33. The van der Waals surface area contributed by atoms with Gasteiger partial charge in [0.15, 0.2) is 0 Å². The number of aliphatic hydroxyl groups excluding tert-OH is 1. The van der Waals surface area contributed by atoms with E-state index in [1.807, 2.05) is 24.3 Å². The second-order valence-corrected chi connectivity index (χ2v) is 4.56. The highest BCUT2D eigenvalue weighted by atomic mass is 19.3. The van der Waals surface area contributed by atoms with Gasteiger partial charge in [-0.1, -0.05) is 42.5 Å². The molecule has 0 amide bonds. The first kappa shape index (κ1) is 15.4. The Morgan fingerprint density at radius 2 is 1.62 bits per heavy atom. The van der Waals surface area contributed by atoms with E-state index in [0.29, 0.717) is 18.7 Å². The second kappa shape index (κ2) is 7.71. The van der Waals surface area contributed by atoms with Gasteiger partial charge in [-0.05, 0) is 17.2 Å². The molecule has 0 aliphatic heterocycles. The third-order valence-corrected chi connectivity index (χ3v) is 3.04. The summed E-state index contributed by atoms with van der Waals surface area (Å²) in [5.74, 6) is 0.190. The average molecular weight is 293 g/mol. The minimum Gasteiger partial charge on any atom is -0.434 e. The largest absolute Gasteiger partial charge is 0.434 e. The van der Waals surface area contributed by atoms with Crippen molar-refractivity contribution in [1.29, 1.82) is 0 Å². The Kier molecular flexibility index (Phi) is 5.66. The Labute approximate surface area is 122 Å². The maximum Gasteiger partial charge on any atom is 0.387 e. The first-order valence-electron chi connectivity index (χ1n) is 6.61. The van der Waals surface area contributed by atoms with E-state index in [0.717, 1.165) is 11.1 Å². The molecular weight excluding hydrogens is 276 g/mol. The monoisotopic (exact) mass is 293 g/mol. The zero-order chi connectivity index (χ0) is 15.1. The highest BCUT2D eigenvalue weighted by Gasteiger charge is 2.08. The Balaban J connectivity index is 1.90. The molecule has 21 heavy (non-hydrogen) atoms. The van der Waals surface area contributed by atoms with E-state index < -0.39 is 6.61 Å². The maximum atomic E-state index is 12.3. The molecule has 0 saturated carbocycles. The van der Waals surface area contributed by atoms with Gasteiger partial charge in [0.25, 0.3) is 0 Å². The second-order valence-electron chi connectivity index (χ2n) is 4.56. The molecule has 0 unspecified atom stereocenters. The van der Waals surface area contributed by atoms with Gasteiger partial charge in [-0.15, -0.1) is 0 Å². The number of aliphatic hydroxyl groups is 1. The molecule has 0 fully saturated rings. The lowest BCUT2D eigenvalue weighted by Crippen LogP contribution is -2.14. The van der Waals surface area contributed by atoms with E-state index in [1.54, 1.807) is 18.2 Å². The van der Waals surface area contributed by atoms with Crippen LogP contribution in [-0.2, 0) is 19.7 Å². The van der Waals surface area contributed by atoms with Crippen molar-refractivity contribution in [2.24, 2.45) is 0 Å². The Hall–Kier alpha value is -1.98. The van der Waals surface area contributed by atoms with Crippen LogP contribution in [0.5, 0.6) is 5.75 Å².